The Morgan fingerprint density at radius 1 is 0.914 bits per heavy atom. The SMILES string of the molecule is CC[C@H](C)[C@H](NC(=O)[C@H](Cc1ccc(O)cc1)NC(=O)[C@@H](N)C(C)C)C(=O)NCc1ccncc1. The van der Waals surface area contributed by atoms with Crippen LogP contribution in [0.4, 0.5) is 0 Å². The van der Waals surface area contributed by atoms with Gasteiger partial charge in [0.25, 0.3) is 0 Å². The Morgan fingerprint density at radius 2 is 1.54 bits per heavy atom. The summed E-state index contributed by atoms with van der Waals surface area (Å²) < 4.78 is 0. The molecule has 0 spiro atoms. The predicted octanol–water partition coefficient (Wildman–Crippen LogP) is 1.65. The van der Waals surface area contributed by atoms with E-state index in [1.165, 1.54) is 12.1 Å². The number of amides is 3. The van der Waals surface area contributed by atoms with Crippen LogP contribution in [0.1, 0.15) is 45.2 Å². The topological polar surface area (TPSA) is 146 Å². The maximum atomic E-state index is 13.3. The zero-order chi connectivity index (χ0) is 26.0. The minimum absolute atomic E-state index is 0.100. The fourth-order valence-electron chi connectivity index (χ4n) is 3.40. The molecule has 0 bridgehead atoms. The third-order valence-corrected chi connectivity index (χ3v) is 6.04. The lowest BCUT2D eigenvalue weighted by Crippen LogP contribution is -2.58. The van der Waals surface area contributed by atoms with Gasteiger partial charge < -0.3 is 26.8 Å². The van der Waals surface area contributed by atoms with Crippen LogP contribution in [0.2, 0.25) is 0 Å². The molecule has 190 valence electrons. The molecule has 0 fully saturated rings. The third-order valence-electron chi connectivity index (χ3n) is 6.04. The minimum Gasteiger partial charge on any atom is -0.508 e. The van der Waals surface area contributed by atoms with Crippen molar-refractivity contribution in [3.63, 3.8) is 0 Å². The Balaban J connectivity index is 2.18. The van der Waals surface area contributed by atoms with Gasteiger partial charge in [0.15, 0.2) is 0 Å². The average molecular weight is 484 g/mol. The first-order chi connectivity index (χ1) is 16.6. The number of hydrogen-bond acceptors (Lipinski definition) is 6. The van der Waals surface area contributed by atoms with E-state index in [4.69, 9.17) is 5.73 Å². The number of carbonyl (C=O) groups excluding carboxylic acids is 3. The normalized spacial score (nSPS) is 14.5. The number of rotatable bonds is 12. The Kier molecular flexibility index (Phi) is 10.7. The van der Waals surface area contributed by atoms with E-state index in [1.54, 1.807) is 36.7 Å². The van der Waals surface area contributed by atoms with Crippen LogP contribution in [0, 0.1) is 11.8 Å². The number of phenolic OH excluding ortho intramolecular Hbond substituents is 1. The van der Waals surface area contributed by atoms with E-state index in [2.05, 4.69) is 20.9 Å². The number of nitrogens with zero attached hydrogens (tertiary/aromatic N) is 1. The summed E-state index contributed by atoms with van der Waals surface area (Å²) in [6.07, 6.45) is 4.14. The summed E-state index contributed by atoms with van der Waals surface area (Å²) in [4.78, 5) is 43.0. The molecule has 3 amide bonds. The number of carbonyl (C=O) groups is 3. The molecule has 0 saturated carbocycles. The van der Waals surface area contributed by atoms with E-state index in [0.717, 1.165) is 11.1 Å². The van der Waals surface area contributed by atoms with Gasteiger partial charge in [-0.2, -0.15) is 0 Å². The lowest BCUT2D eigenvalue weighted by molar-refractivity contribution is -0.133. The number of hydrogen-bond donors (Lipinski definition) is 5. The van der Waals surface area contributed by atoms with Crippen molar-refractivity contribution >= 4 is 17.7 Å². The van der Waals surface area contributed by atoms with Gasteiger partial charge in [-0.25, -0.2) is 0 Å². The van der Waals surface area contributed by atoms with Gasteiger partial charge in [0.05, 0.1) is 6.04 Å². The monoisotopic (exact) mass is 483 g/mol. The molecular weight excluding hydrogens is 446 g/mol. The quantitative estimate of drug-likeness (QED) is 0.310. The van der Waals surface area contributed by atoms with Crippen LogP contribution < -0.4 is 21.7 Å². The van der Waals surface area contributed by atoms with Gasteiger partial charge in [0.1, 0.15) is 17.8 Å². The highest BCUT2D eigenvalue weighted by molar-refractivity contribution is 5.93. The molecule has 4 atom stereocenters. The minimum atomic E-state index is -0.948. The Labute approximate surface area is 206 Å². The molecular formula is C26H37N5O4. The van der Waals surface area contributed by atoms with Crippen molar-refractivity contribution in [3.05, 3.63) is 59.9 Å². The first kappa shape index (κ1) is 27.8. The second kappa shape index (κ2) is 13.4. The molecule has 9 nitrogen and oxygen atoms in total. The van der Waals surface area contributed by atoms with Crippen molar-refractivity contribution in [3.8, 4) is 5.75 Å². The molecule has 0 unspecified atom stereocenters. The maximum absolute atomic E-state index is 13.3. The maximum Gasteiger partial charge on any atom is 0.243 e. The molecule has 6 N–H and O–H groups in total. The standard InChI is InChI=1S/C26H37N5O4/c1-5-17(4)23(26(35)29-15-19-10-12-28-13-11-19)31-24(33)21(30-25(34)22(27)16(2)3)14-18-6-8-20(32)9-7-18/h6-13,16-17,21-23,32H,5,14-15,27H2,1-4H3,(H,29,35)(H,30,34)(H,31,33)/t17-,21-,22-,23-/m0/s1. The largest absolute Gasteiger partial charge is 0.508 e. The number of nitrogens with two attached hydrogens (primary N) is 1. The lowest BCUT2D eigenvalue weighted by Gasteiger charge is -2.27. The zero-order valence-corrected chi connectivity index (χ0v) is 20.8. The van der Waals surface area contributed by atoms with Crippen molar-refractivity contribution in [1.29, 1.82) is 0 Å². The summed E-state index contributed by atoms with van der Waals surface area (Å²) >= 11 is 0. The summed E-state index contributed by atoms with van der Waals surface area (Å²) in [6, 6.07) is 7.48. The summed E-state index contributed by atoms with van der Waals surface area (Å²) in [5, 5.41) is 18.0. The highest BCUT2D eigenvalue weighted by Gasteiger charge is 2.31. The number of aromatic hydroxyl groups is 1. The Hall–Kier alpha value is -3.46. The van der Waals surface area contributed by atoms with Gasteiger partial charge in [-0.05, 0) is 47.2 Å². The van der Waals surface area contributed by atoms with Crippen molar-refractivity contribution in [2.45, 2.75) is 65.2 Å². The summed E-state index contributed by atoms with van der Waals surface area (Å²) in [5.74, 6) is -1.38. The van der Waals surface area contributed by atoms with E-state index in [9.17, 15) is 19.5 Å². The van der Waals surface area contributed by atoms with Crippen molar-refractivity contribution in [2.75, 3.05) is 0 Å². The van der Waals surface area contributed by atoms with Gasteiger partial charge >= 0.3 is 0 Å². The van der Waals surface area contributed by atoms with Crippen LogP contribution in [0.25, 0.3) is 0 Å². The highest BCUT2D eigenvalue weighted by atomic mass is 16.3. The van der Waals surface area contributed by atoms with Crippen molar-refractivity contribution < 1.29 is 19.5 Å². The predicted molar refractivity (Wildman–Crippen MR) is 134 cm³/mol. The van der Waals surface area contributed by atoms with Gasteiger partial charge in [0.2, 0.25) is 17.7 Å². The van der Waals surface area contributed by atoms with E-state index in [-0.39, 0.29) is 29.9 Å². The molecule has 0 aliphatic carbocycles. The molecule has 1 aromatic heterocycles. The Morgan fingerprint density at radius 3 is 2.11 bits per heavy atom. The number of nitrogens with one attached hydrogen (secondary N) is 3. The van der Waals surface area contributed by atoms with Gasteiger partial charge in [-0.1, -0.05) is 46.2 Å². The second-order valence-electron chi connectivity index (χ2n) is 9.15. The van der Waals surface area contributed by atoms with Crippen LogP contribution in [0.3, 0.4) is 0 Å². The van der Waals surface area contributed by atoms with E-state index < -0.39 is 29.9 Å². The molecule has 35 heavy (non-hydrogen) atoms. The Bertz CT molecular complexity index is 965. The molecule has 9 heteroatoms. The van der Waals surface area contributed by atoms with Crippen LogP contribution >= 0.6 is 0 Å². The first-order valence-corrected chi connectivity index (χ1v) is 11.9. The fourth-order valence-corrected chi connectivity index (χ4v) is 3.40. The van der Waals surface area contributed by atoms with Gasteiger partial charge in [-0.15, -0.1) is 0 Å². The zero-order valence-electron chi connectivity index (χ0n) is 20.8. The number of aromatic nitrogens is 1. The van der Waals surface area contributed by atoms with Crippen LogP contribution in [-0.2, 0) is 27.3 Å². The van der Waals surface area contributed by atoms with Crippen LogP contribution in [0.15, 0.2) is 48.8 Å². The van der Waals surface area contributed by atoms with Crippen molar-refractivity contribution in [1.82, 2.24) is 20.9 Å². The molecule has 0 aliphatic rings. The smallest absolute Gasteiger partial charge is 0.243 e. The molecule has 2 rings (SSSR count). The molecule has 0 radical (unpaired) electrons. The third kappa shape index (κ3) is 8.68. The second-order valence-corrected chi connectivity index (χ2v) is 9.15. The number of benzene rings is 1. The molecule has 2 aromatic rings. The molecule has 0 saturated heterocycles. The van der Waals surface area contributed by atoms with Gasteiger partial charge in [-0.3, -0.25) is 19.4 Å². The fraction of sp³-hybridized carbons (Fsp3) is 0.462. The number of phenols is 1. The van der Waals surface area contributed by atoms with Crippen molar-refractivity contribution in [2.24, 2.45) is 17.6 Å². The molecule has 0 aliphatic heterocycles. The highest BCUT2D eigenvalue weighted by Crippen LogP contribution is 2.13. The average Bonchev–Trinajstić information content (AvgIpc) is 2.86. The summed E-state index contributed by atoms with van der Waals surface area (Å²) in [7, 11) is 0. The molecule has 1 heterocycles. The summed E-state index contributed by atoms with van der Waals surface area (Å²) in [6.45, 7) is 7.79. The number of pyridine rings is 1. The van der Waals surface area contributed by atoms with Crippen LogP contribution in [0.5, 0.6) is 5.75 Å². The van der Waals surface area contributed by atoms with Gasteiger partial charge in [0, 0.05) is 25.4 Å². The van der Waals surface area contributed by atoms with E-state index in [1.807, 2.05) is 27.7 Å². The first-order valence-electron chi connectivity index (χ1n) is 11.9. The lowest BCUT2D eigenvalue weighted by atomic mass is 9.96. The van der Waals surface area contributed by atoms with E-state index in [0.29, 0.717) is 13.0 Å². The molecule has 1 aromatic carbocycles. The van der Waals surface area contributed by atoms with Crippen LogP contribution in [-0.4, -0.2) is 45.9 Å². The van der Waals surface area contributed by atoms with E-state index >= 15 is 0 Å². The summed E-state index contributed by atoms with van der Waals surface area (Å²) in [5.41, 5.74) is 7.62.